The fourth-order valence-electron chi connectivity index (χ4n) is 1.63. The van der Waals surface area contributed by atoms with E-state index >= 15 is 0 Å². The number of halogens is 2. The largest absolute Gasteiger partial charge is 0.482 e. The lowest BCUT2D eigenvalue weighted by Crippen LogP contribution is -2.21. The van der Waals surface area contributed by atoms with Crippen molar-refractivity contribution in [1.82, 2.24) is 4.98 Å². The highest BCUT2D eigenvalue weighted by atomic mass is 79.9. The van der Waals surface area contributed by atoms with Crippen LogP contribution in [-0.2, 0) is 4.79 Å². The van der Waals surface area contributed by atoms with Gasteiger partial charge in [-0.2, -0.15) is 0 Å². The first-order chi connectivity index (χ1) is 9.56. The van der Waals surface area contributed by atoms with Crippen molar-refractivity contribution in [3.8, 4) is 5.75 Å². The van der Waals surface area contributed by atoms with Crippen LogP contribution in [0.4, 0.5) is 5.82 Å². The number of amides is 1. The van der Waals surface area contributed by atoms with Crippen molar-refractivity contribution in [2.45, 2.75) is 6.92 Å². The minimum absolute atomic E-state index is 0.0718. The van der Waals surface area contributed by atoms with Gasteiger partial charge in [0.25, 0.3) is 5.91 Å². The summed E-state index contributed by atoms with van der Waals surface area (Å²) >= 11 is 6.81. The van der Waals surface area contributed by atoms with Gasteiger partial charge in [-0.05, 0) is 52.7 Å². The van der Waals surface area contributed by atoms with Gasteiger partial charge in [0.05, 0.1) is 4.47 Å². The van der Waals surface area contributed by atoms with E-state index in [1.54, 1.807) is 24.4 Å². The summed E-state index contributed by atoms with van der Waals surface area (Å²) in [6.45, 7) is 1.85. The summed E-state index contributed by atoms with van der Waals surface area (Å²) in [5, 5.41) is 2.66. The summed E-state index contributed by atoms with van der Waals surface area (Å²) in [7, 11) is 0. The van der Waals surface area contributed by atoms with Gasteiger partial charge in [0.15, 0.2) is 6.61 Å². The number of benzene rings is 1. The number of aryl methyl sites for hydroxylation is 1. The summed E-state index contributed by atoms with van der Waals surface area (Å²) in [5.74, 6) is 0.912. The fourth-order valence-corrected chi connectivity index (χ4v) is 3.18. The van der Waals surface area contributed by atoms with Crippen LogP contribution in [0.5, 0.6) is 5.75 Å². The van der Waals surface area contributed by atoms with Gasteiger partial charge < -0.3 is 10.1 Å². The van der Waals surface area contributed by atoms with E-state index in [4.69, 9.17) is 4.74 Å². The van der Waals surface area contributed by atoms with E-state index in [1.807, 2.05) is 19.1 Å². The van der Waals surface area contributed by atoms with Crippen molar-refractivity contribution in [3.63, 3.8) is 0 Å². The number of carbonyl (C=O) groups is 1. The molecule has 0 saturated carbocycles. The molecule has 1 N–H and O–H groups in total. The van der Waals surface area contributed by atoms with Crippen LogP contribution >= 0.6 is 31.9 Å². The molecule has 104 valence electrons. The van der Waals surface area contributed by atoms with Crippen LogP contribution in [0.3, 0.4) is 0 Å². The highest BCUT2D eigenvalue weighted by Crippen LogP contribution is 2.32. The third-order valence-electron chi connectivity index (χ3n) is 2.47. The standard InChI is InChI=1S/C14H12Br2N2O2/c1-9-6-10(15)7-11(16)14(9)20-8-13(19)18-12-4-2-3-5-17-12/h2-7H,8H2,1H3,(H,17,18,19). The summed E-state index contributed by atoms with van der Waals surface area (Å²) in [5.41, 5.74) is 0.942. The second kappa shape index (κ2) is 6.85. The van der Waals surface area contributed by atoms with E-state index in [0.29, 0.717) is 11.6 Å². The number of aromatic nitrogens is 1. The molecule has 2 aromatic rings. The predicted octanol–water partition coefficient (Wildman–Crippen LogP) is 3.93. The lowest BCUT2D eigenvalue weighted by Gasteiger charge is -2.11. The lowest BCUT2D eigenvalue weighted by molar-refractivity contribution is -0.118. The first kappa shape index (κ1) is 15.0. The maximum absolute atomic E-state index is 11.8. The molecule has 0 spiro atoms. The van der Waals surface area contributed by atoms with Crippen LogP contribution in [0.25, 0.3) is 0 Å². The van der Waals surface area contributed by atoms with Gasteiger partial charge in [-0.1, -0.05) is 22.0 Å². The van der Waals surface area contributed by atoms with Crippen molar-refractivity contribution in [3.05, 3.63) is 51.0 Å². The summed E-state index contributed by atoms with van der Waals surface area (Å²) < 4.78 is 7.30. The molecule has 0 saturated heterocycles. The van der Waals surface area contributed by atoms with Gasteiger partial charge in [0.2, 0.25) is 0 Å². The topological polar surface area (TPSA) is 51.2 Å². The van der Waals surface area contributed by atoms with Crippen molar-refractivity contribution < 1.29 is 9.53 Å². The minimum atomic E-state index is -0.252. The number of ether oxygens (including phenoxy) is 1. The van der Waals surface area contributed by atoms with E-state index in [1.165, 1.54) is 0 Å². The Labute approximate surface area is 133 Å². The normalized spacial score (nSPS) is 10.2. The van der Waals surface area contributed by atoms with Crippen LogP contribution in [-0.4, -0.2) is 17.5 Å². The molecule has 1 amide bonds. The summed E-state index contributed by atoms with van der Waals surface area (Å²) in [4.78, 5) is 15.8. The smallest absolute Gasteiger partial charge is 0.263 e. The molecule has 1 aromatic heterocycles. The summed E-state index contributed by atoms with van der Waals surface area (Å²) in [6.07, 6.45) is 1.62. The van der Waals surface area contributed by atoms with E-state index in [0.717, 1.165) is 14.5 Å². The molecule has 0 aliphatic carbocycles. The Morgan fingerprint density at radius 3 is 2.80 bits per heavy atom. The van der Waals surface area contributed by atoms with Crippen molar-refractivity contribution in [2.24, 2.45) is 0 Å². The first-order valence-corrected chi connectivity index (χ1v) is 7.44. The summed E-state index contributed by atoms with van der Waals surface area (Å²) in [6, 6.07) is 9.11. The molecular formula is C14H12Br2N2O2. The minimum Gasteiger partial charge on any atom is -0.482 e. The van der Waals surface area contributed by atoms with E-state index in [-0.39, 0.29) is 12.5 Å². The second-order valence-electron chi connectivity index (χ2n) is 4.09. The van der Waals surface area contributed by atoms with Crippen LogP contribution in [0.15, 0.2) is 45.5 Å². The fraction of sp³-hybridized carbons (Fsp3) is 0.143. The van der Waals surface area contributed by atoms with Gasteiger partial charge in [-0.25, -0.2) is 4.98 Å². The van der Waals surface area contributed by atoms with E-state index in [9.17, 15) is 4.79 Å². The number of rotatable bonds is 4. The molecule has 0 aliphatic heterocycles. The zero-order valence-electron chi connectivity index (χ0n) is 10.7. The van der Waals surface area contributed by atoms with E-state index < -0.39 is 0 Å². The van der Waals surface area contributed by atoms with Crippen molar-refractivity contribution in [1.29, 1.82) is 0 Å². The molecule has 0 aliphatic rings. The maximum Gasteiger partial charge on any atom is 0.263 e. The highest BCUT2D eigenvalue weighted by molar-refractivity contribution is 9.11. The second-order valence-corrected chi connectivity index (χ2v) is 5.86. The third-order valence-corrected chi connectivity index (χ3v) is 3.52. The average molecular weight is 400 g/mol. The predicted molar refractivity (Wildman–Crippen MR) is 84.9 cm³/mol. The molecule has 2 rings (SSSR count). The van der Waals surface area contributed by atoms with Crippen LogP contribution in [0.2, 0.25) is 0 Å². The number of nitrogens with zero attached hydrogens (tertiary/aromatic N) is 1. The third kappa shape index (κ3) is 4.05. The van der Waals surface area contributed by atoms with Gasteiger partial charge in [-0.15, -0.1) is 0 Å². The quantitative estimate of drug-likeness (QED) is 0.847. The number of pyridine rings is 1. The lowest BCUT2D eigenvalue weighted by atomic mass is 10.2. The Balaban J connectivity index is 1.97. The molecule has 0 radical (unpaired) electrons. The number of anilines is 1. The van der Waals surface area contributed by atoms with Gasteiger partial charge >= 0.3 is 0 Å². The SMILES string of the molecule is Cc1cc(Br)cc(Br)c1OCC(=O)Nc1ccccn1. The van der Waals surface area contributed by atoms with Crippen molar-refractivity contribution in [2.75, 3.05) is 11.9 Å². The Kier molecular flexibility index (Phi) is 5.14. The van der Waals surface area contributed by atoms with Gasteiger partial charge in [0.1, 0.15) is 11.6 Å². The highest BCUT2D eigenvalue weighted by Gasteiger charge is 2.10. The molecule has 0 fully saturated rings. The van der Waals surface area contributed by atoms with Crippen LogP contribution in [0, 0.1) is 6.92 Å². The van der Waals surface area contributed by atoms with Crippen LogP contribution in [0.1, 0.15) is 5.56 Å². The molecular weight excluding hydrogens is 388 g/mol. The van der Waals surface area contributed by atoms with Crippen LogP contribution < -0.4 is 10.1 Å². The molecule has 1 aromatic carbocycles. The Hall–Kier alpha value is -1.40. The molecule has 1 heterocycles. The Bertz CT molecular complexity index is 595. The average Bonchev–Trinajstić information content (AvgIpc) is 2.38. The zero-order valence-corrected chi connectivity index (χ0v) is 13.9. The number of carbonyl (C=O) groups excluding carboxylic acids is 1. The maximum atomic E-state index is 11.8. The first-order valence-electron chi connectivity index (χ1n) is 5.85. The zero-order chi connectivity index (χ0) is 14.5. The molecule has 6 heteroatoms. The Morgan fingerprint density at radius 2 is 2.15 bits per heavy atom. The molecule has 0 bridgehead atoms. The van der Waals surface area contributed by atoms with Crippen molar-refractivity contribution >= 4 is 43.6 Å². The van der Waals surface area contributed by atoms with E-state index in [2.05, 4.69) is 42.2 Å². The Morgan fingerprint density at radius 1 is 1.35 bits per heavy atom. The van der Waals surface area contributed by atoms with Gasteiger partial charge in [0, 0.05) is 10.7 Å². The molecule has 0 atom stereocenters. The molecule has 0 unspecified atom stereocenters. The number of nitrogens with one attached hydrogen (secondary N) is 1. The monoisotopic (exact) mass is 398 g/mol. The number of hydrogen-bond donors (Lipinski definition) is 1. The number of hydrogen-bond acceptors (Lipinski definition) is 3. The van der Waals surface area contributed by atoms with Gasteiger partial charge in [-0.3, -0.25) is 4.79 Å². The molecule has 20 heavy (non-hydrogen) atoms. The molecule has 4 nitrogen and oxygen atoms in total.